The van der Waals surface area contributed by atoms with Gasteiger partial charge in [0.15, 0.2) is 0 Å². The summed E-state index contributed by atoms with van der Waals surface area (Å²) in [6.45, 7) is 8.65. The van der Waals surface area contributed by atoms with Crippen LogP contribution in [0, 0.1) is 5.92 Å². The van der Waals surface area contributed by atoms with E-state index in [4.69, 9.17) is 14.2 Å². The zero-order chi connectivity index (χ0) is 30.8. The molecule has 6 rings (SSSR count). The van der Waals surface area contributed by atoms with Crippen LogP contribution in [0.5, 0.6) is 11.5 Å². The van der Waals surface area contributed by atoms with Crippen LogP contribution in [0.1, 0.15) is 49.7 Å². The van der Waals surface area contributed by atoms with E-state index in [0.29, 0.717) is 50.0 Å². The third-order valence-electron chi connectivity index (χ3n) is 8.09. The number of hydrogen-bond donors (Lipinski definition) is 0. The molecule has 5 aromatic rings. The summed E-state index contributed by atoms with van der Waals surface area (Å²) >= 11 is 1.65. The van der Waals surface area contributed by atoms with Gasteiger partial charge < -0.3 is 28.2 Å². The Morgan fingerprint density at radius 1 is 0.932 bits per heavy atom. The molecule has 0 N–H and O–H groups in total. The van der Waals surface area contributed by atoms with E-state index in [1.165, 1.54) is 0 Å². The summed E-state index contributed by atoms with van der Waals surface area (Å²) in [5.41, 5.74) is 2.98. The SMILES string of the molecule is Cn1c(C(=O)c2cn(CCOc3cccc(OCC4CCN(C(=O)OC(C)(C)C)CC4)c3)c3ccccc23)cc2sccc21. The van der Waals surface area contributed by atoms with Crippen LogP contribution in [-0.4, -0.2) is 57.8 Å². The predicted octanol–water partition coefficient (Wildman–Crippen LogP) is 7.53. The minimum Gasteiger partial charge on any atom is -0.493 e. The first-order chi connectivity index (χ1) is 21.2. The van der Waals surface area contributed by atoms with Crippen molar-refractivity contribution in [3.8, 4) is 11.5 Å². The van der Waals surface area contributed by atoms with Gasteiger partial charge in [0.2, 0.25) is 5.78 Å². The molecular formula is C35H39N3O5S. The van der Waals surface area contributed by atoms with Crippen LogP contribution in [0.15, 0.2) is 72.2 Å². The molecule has 9 heteroatoms. The molecule has 0 radical (unpaired) electrons. The summed E-state index contributed by atoms with van der Waals surface area (Å²) in [6.07, 6.45) is 3.47. The summed E-state index contributed by atoms with van der Waals surface area (Å²) in [5.74, 6) is 1.90. The third-order valence-corrected chi connectivity index (χ3v) is 8.94. The average molecular weight is 614 g/mol. The summed E-state index contributed by atoms with van der Waals surface area (Å²) in [5, 5.41) is 2.99. The molecule has 44 heavy (non-hydrogen) atoms. The highest BCUT2D eigenvalue weighted by atomic mass is 32.1. The molecular weight excluding hydrogens is 574 g/mol. The number of thiophene rings is 1. The number of benzene rings is 2. The van der Waals surface area contributed by atoms with E-state index in [0.717, 1.165) is 45.5 Å². The lowest BCUT2D eigenvalue weighted by molar-refractivity contribution is 0.0164. The summed E-state index contributed by atoms with van der Waals surface area (Å²) in [7, 11) is 1.95. The Bertz CT molecular complexity index is 1780. The Kier molecular flexibility index (Phi) is 8.40. The molecule has 0 unspecified atom stereocenters. The number of rotatable bonds is 9. The van der Waals surface area contributed by atoms with Gasteiger partial charge in [-0.15, -0.1) is 11.3 Å². The lowest BCUT2D eigenvalue weighted by Gasteiger charge is -2.33. The fourth-order valence-corrected chi connectivity index (χ4v) is 6.61. The number of nitrogens with zero attached hydrogens (tertiary/aromatic N) is 3. The number of carbonyl (C=O) groups excluding carboxylic acids is 2. The Hall–Kier alpha value is -4.24. The molecule has 1 aliphatic rings. The van der Waals surface area contributed by atoms with Crippen molar-refractivity contribution in [3.63, 3.8) is 0 Å². The van der Waals surface area contributed by atoms with Gasteiger partial charge in [-0.3, -0.25) is 4.79 Å². The van der Waals surface area contributed by atoms with Gasteiger partial charge in [-0.25, -0.2) is 4.79 Å². The number of para-hydroxylation sites is 1. The Balaban J connectivity index is 1.04. The number of hydrogen-bond acceptors (Lipinski definition) is 6. The van der Waals surface area contributed by atoms with Crippen molar-refractivity contribution in [1.29, 1.82) is 0 Å². The number of ketones is 1. The standard InChI is InChI=1S/C35H39N3O5S/c1-35(2,3)43-34(40)37-15-12-24(13-16-37)23-42-26-9-7-8-25(20-26)41-18-17-38-22-28(27-10-5-6-11-29(27)38)33(39)31-21-32-30(36(31)4)14-19-44-32/h5-11,14,19-22,24H,12-13,15-18,23H2,1-4H3. The average Bonchev–Trinajstić information content (AvgIpc) is 3.70. The van der Waals surface area contributed by atoms with Gasteiger partial charge in [0.1, 0.15) is 23.7 Å². The Morgan fingerprint density at radius 3 is 2.43 bits per heavy atom. The number of aryl methyl sites for hydroxylation is 1. The van der Waals surface area contributed by atoms with Crippen LogP contribution < -0.4 is 9.47 Å². The number of ether oxygens (including phenoxy) is 3. The summed E-state index contributed by atoms with van der Waals surface area (Å²) < 4.78 is 22.9. The molecule has 1 saturated heterocycles. The van der Waals surface area contributed by atoms with Gasteiger partial charge in [0, 0.05) is 48.9 Å². The molecule has 1 fully saturated rings. The van der Waals surface area contributed by atoms with Crippen molar-refractivity contribution in [2.75, 3.05) is 26.3 Å². The van der Waals surface area contributed by atoms with Crippen molar-refractivity contribution in [2.24, 2.45) is 13.0 Å². The fourth-order valence-electron chi connectivity index (χ4n) is 5.76. The maximum atomic E-state index is 13.7. The summed E-state index contributed by atoms with van der Waals surface area (Å²) in [6, 6.07) is 19.8. The van der Waals surface area contributed by atoms with E-state index in [9.17, 15) is 9.59 Å². The van der Waals surface area contributed by atoms with E-state index < -0.39 is 5.60 Å². The van der Waals surface area contributed by atoms with E-state index in [2.05, 4.69) is 10.6 Å². The lowest BCUT2D eigenvalue weighted by Crippen LogP contribution is -2.42. The number of likely N-dealkylation sites (tertiary alicyclic amines) is 1. The smallest absolute Gasteiger partial charge is 0.410 e. The largest absolute Gasteiger partial charge is 0.493 e. The van der Waals surface area contributed by atoms with Crippen LogP contribution >= 0.6 is 11.3 Å². The molecule has 1 amide bonds. The van der Waals surface area contributed by atoms with E-state index in [1.54, 1.807) is 16.2 Å². The van der Waals surface area contributed by atoms with Gasteiger partial charge in [0.05, 0.1) is 29.1 Å². The van der Waals surface area contributed by atoms with Crippen molar-refractivity contribution >= 4 is 44.3 Å². The number of fused-ring (bicyclic) bond motifs is 2. The van der Waals surface area contributed by atoms with Gasteiger partial charge >= 0.3 is 6.09 Å². The monoisotopic (exact) mass is 613 g/mol. The highest BCUT2D eigenvalue weighted by Crippen LogP contribution is 2.29. The topological polar surface area (TPSA) is 74.9 Å². The molecule has 4 heterocycles. The number of carbonyl (C=O) groups is 2. The van der Waals surface area contributed by atoms with Crippen molar-refractivity contribution in [2.45, 2.75) is 45.8 Å². The fraction of sp³-hybridized carbons (Fsp3) is 0.371. The van der Waals surface area contributed by atoms with Crippen molar-refractivity contribution in [3.05, 3.63) is 83.5 Å². The third kappa shape index (κ3) is 6.48. The predicted molar refractivity (Wildman–Crippen MR) is 174 cm³/mol. The van der Waals surface area contributed by atoms with Crippen molar-refractivity contribution in [1.82, 2.24) is 14.0 Å². The quantitative estimate of drug-likeness (QED) is 0.161. The minimum atomic E-state index is -0.485. The molecule has 0 atom stereocenters. The van der Waals surface area contributed by atoms with Crippen LogP contribution in [0.3, 0.4) is 0 Å². The second-order valence-electron chi connectivity index (χ2n) is 12.4. The molecule has 8 nitrogen and oxygen atoms in total. The Morgan fingerprint density at radius 2 is 1.68 bits per heavy atom. The van der Waals surface area contributed by atoms with Crippen molar-refractivity contribution < 1.29 is 23.8 Å². The van der Waals surface area contributed by atoms with Crippen LogP contribution in [0.2, 0.25) is 0 Å². The molecule has 0 saturated carbocycles. The first-order valence-electron chi connectivity index (χ1n) is 15.2. The molecule has 3 aromatic heterocycles. The molecule has 230 valence electrons. The molecule has 0 spiro atoms. The van der Waals surface area contributed by atoms with Gasteiger partial charge in [-0.2, -0.15) is 0 Å². The first-order valence-corrected chi connectivity index (χ1v) is 16.0. The zero-order valence-corrected chi connectivity index (χ0v) is 26.6. The second kappa shape index (κ2) is 12.4. The molecule has 0 bridgehead atoms. The maximum absolute atomic E-state index is 13.7. The molecule has 0 aliphatic carbocycles. The normalized spacial score (nSPS) is 14.3. The molecule has 2 aromatic carbocycles. The van der Waals surface area contributed by atoms with Gasteiger partial charge in [0.25, 0.3) is 0 Å². The lowest BCUT2D eigenvalue weighted by atomic mass is 9.98. The number of amides is 1. The molecule has 1 aliphatic heterocycles. The second-order valence-corrected chi connectivity index (χ2v) is 13.3. The summed E-state index contributed by atoms with van der Waals surface area (Å²) in [4.78, 5) is 27.8. The van der Waals surface area contributed by atoms with Crippen LogP contribution in [0.4, 0.5) is 4.79 Å². The van der Waals surface area contributed by atoms with Crippen LogP contribution in [0.25, 0.3) is 21.1 Å². The highest BCUT2D eigenvalue weighted by Gasteiger charge is 2.27. The zero-order valence-electron chi connectivity index (χ0n) is 25.7. The van der Waals surface area contributed by atoms with Crippen LogP contribution in [-0.2, 0) is 18.3 Å². The van der Waals surface area contributed by atoms with Gasteiger partial charge in [-0.05, 0) is 75.2 Å². The highest BCUT2D eigenvalue weighted by molar-refractivity contribution is 7.17. The van der Waals surface area contributed by atoms with E-state index in [1.807, 2.05) is 98.6 Å². The van der Waals surface area contributed by atoms with E-state index >= 15 is 0 Å². The first kappa shape index (κ1) is 29.8. The minimum absolute atomic E-state index is 0.0205. The van der Waals surface area contributed by atoms with Gasteiger partial charge in [-0.1, -0.05) is 24.3 Å². The van der Waals surface area contributed by atoms with E-state index in [-0.39, 0.29) is 11.9 Å². The Labute approximate surface area is 261 Å². The number of piperidine rings is 1. The maximum Gasteiger partial charge on any atom is 0.410 e. The number of aromatic nitrogens is 2.